The van der Waals surface area contributed by atoms with Gasteiger partial charge in [-0.3, -0.25) is 24.0 Å². The zero-order chi connectivity index (χ0) is 25.7. The van der Waals surface area contributed by atoms with Crippen LogP contribution in [0.1, 0.15) is 74.1 Å². The monoisotopic (exact) mass is 469 g/mol. The highest BCUT2D eigenvalue weighted by Gasteiger charge is 2.32. The van der Waals surface area contributed by atoms with Gasteiger partial charge in [0.25, 0.3) is 0 Å². The molecule has 0 aromatic heterocycles. The van der Waals surface area contributed by atoms with Gasteiger partial charge in [-0.05, 0) is 24.2 Å². The molecule has 0 aromatic rings. The van der Waals surface area contributed by atoms with Gasteiger partial charge >= 0.3 is 0 Å². The Balaban J connectivity index is 5.24. The van der Waals surface area contributed by atoms with Crippen molar-refractivity contribution in [2.45, 2.75) is 92.3 Å². The standard InChI is InChI=1S/C23H43N5O5/c1-8-14(6)19(28-23(33)20(15(7)9-2)27-17(29)10-3)22(32)25-12-18(30)26-16(21(24)31)11-13(4)5/h13-16,19-20H,8-12H2,1-7H3,(H2,24,31)(H,25,32)(H,26,30)(H,27,29)(H,28,33). The molecular weight excluding hydrogens is 426 g/mol. The summed E-state index contributed by atoms with van der Waals surface area (Å²) in [4.78, 5) is 61.5. The molecule has 0 heterocycles. The van der Waals surface area contributed by atoms with E-state index >= 15 is 0 Å². The van der Waals surface area contributed by atoms with Gasteiger partial charge in [-0.25, -0.2) is 0 Å². The number of rotatable bonds is 15. The van der Waals surface area contributed by atoms with Crippen molar-refractivity contribution in [3.63, 3.8) is 0 Å². The Morgan fingerprint density at radius 1 is 0.727 bits per heavy atom. The summed E-state index contributed by atoms with van der Waals surface area (Å²) in [7, 11) is 0. The second kappa shape index (κ2) is 15.2. The Labute approximate surface area is 197 Å². The number of hydrogen-bond donors (Lipinski definition) is 5. The van der Waals surface area contributed by atoms with Crippen LogP contribution in [0.4, 0.5) is 0 Å². The molecular formula is C23H43N5O5. The van der Waals surface area contributed by atoms with Crippen LogP contribution in [-0.4, -0.2) is 54.2 Å². The van der Waals surface area contributed by atoms with Crippen molar-refractivity contribution < 1.29 is 24.0 Å². The van der Waals surface area contributed by atoms with Crippen LogP contribution in [0.15, 0.2) is 0 Å². The zero-order valence-corrected chi connectivity index (χ0v) is 21.1. The molecule has 0 aliphatic heterocycles. The molecule has 10 heteroatoms. The van der Waals surface area contributed by atoms with E-state index in [2.05, 4.69) is 21.3 Å². The minimum atomic E-state index is -0.886. The van der Waals surface area contributed by atoms with Crippen molar-refractivity contribution in [3.05, 3.63) is 0 Å². The lowest BCUT2D eigenvalue weighted by Crippen LogP contribution is -2.58. The van der Waals surface area contributed by atoms with Crippen LogP contribution in [0, 0.1) is 17.8 Å². The van der Waals surface area contributed by atoms with Crippen LogP contribution in [-0.2, 0) is 24.0 Å². The quantitative estimate of drug-likeness (QED) is 0.237. The number of amides is 5. The summed E-state index contributed by atoms with van der Waals surface area (Å²) >= 11 is 0. The summed E-state index contributed by atoms with van der Waals surface area (Å²) in [5, 5.41) is 10.5. The first-order valence-corrected chi connectivity index (χ1v) is 11.8. The third-order valence-electron chi connectivity index (χ3n) is 5.74. The molecule has 5 amide bonds. The fourth-order valence-electron chi connectivity index (χ4n) is 3.16. The lowest BCUT2D eigenvalue weighted by molar-refractivity contribution is -0.134. The number of nitrogens with two attached hydrogens (primary N) is 1. The van der Waals surface area contributed by atoms with E-state index in [4.69, 9.17) is 5.73 Å². The molecule has 0 aliphatic rings. The van der Waals surface area contributed by atoms with Crippen LogP contribution in [0.2, 0.25) is 0 Å². The molecule has 0 radical (unpaired) electrons. The van der Waals surface area contributed by atoms with Crippen molar-refractivity contribution in [1.29, 1.82) is 0 Å². The first kappa shape index (κ1) is 30.4. The molecule has 0 rings (SSSR count). The van der Waals surface area contributed by atoms with Gasteiger partial charge in [0.1, 0.15) is 18.1 Å². The minimum Gasteiger partial charge on any atom is -0.368 e. The molecule has 0 bridgehead atoms. The van der Waals surface area contributed by atoms with E-state index < -0.39 is 41.8 Å². The van der Waals surface area contributed by atoms with Crippen LogP contribution in [0.3, 0.4) is 0 Å². The molecule has 10 nitrogen and oxygen atoms in total. The maximum Gasteiger partial charge on any atom is 0.243 e. The fraction of sp³-hybridized carbons (Fsp3) is 0.783. The van der Waals surface area contributed by atoms with Crippen LogP contribution >= 0.6 is 0 Å². The molecule has 0 spiro atoms. The first-order valence-electron chi connectivity index (χ1n) is 11.8. The third kappa shape index (κ3) is 11.2. The predicted molar refractivity (Wildman–Crippen MR) is 127 cm³/mol. The predicted octanol–water partition coefficient (Wildman–Crippen LogP) is 0.591. The largest absolute Gasteiger partial charge is 0.368 e. The van der Waals surface area contributed by atoms with E-state index in [1.54, 1.807) is 6.92 Å². The number of primary amides is 1. The second-order valence-electron chi connectivity index (χ2n) is 9.03. The van der Waals surface area contributed by atoms with E-state index in [1.807, 2.05) is 41.5 Å². The highest BCUT2D eigenvalue weighted by Crippen LogP contribution is 2.12. The van der Waals surface area contributed by atoms with Gasteiger partial charge in [0.15, 0.2) is 0 Å². The van der Waals surface area contributed by atoms with Crippen LogP contribution < -0.4 is 27.0 Å². The molecule has 0 aliphatic carbocycles. The van der Waals surface area contributed by atoms with Crippen molar-refractivity contribution in [2.75, 3.05) is 6.54 Å². The summed E-state index contributed by atoms with van der Waals surface area (Å²) in [5.41, 5.74) is 5.34. The second-order valence-corrected chi connectivity index (χ2v) is 9.03. The van der Waals surface area contributed by atoms with Crippen molar-refractivity contribution in [1.82, 2.24) is 21.3 Å². The van der Waals surface area contributed by atoms with Crippen LogP contribution in [0.5, 0.6) is 0 Å². The number of carbonyl (C=O) groups excluding carboxylic acids is 5. The van der Waals surface area contributed by atoms with Gasteiger partial charge in [-0.15, -0.1) is 0 Å². The van der Waals surface area contributed by atoms with Gasteiger partial charge in [0.05, 0.1) is 6.54 Å². The van der Waals surface area contributed by atoms with E-state index in [0.717, 1.165) is 0 Å². The molecule has 0 saturated heterocycles. The average molecular weight is 470 g/mol. The maximum atomic E-state index is 13.0. The Morgan fingerprint density at radius 3 is 1.67 bits per heavy atom. The highest BCUT2D eigenvalue weighted by molar-refractivity contribution is 5.94. The lowest BCUT2D eigenvalue weighted by Gasteiger charge is -2.28. The Morgan fingerprint density at radius 2 is 1.24 bits per heavy atom. The van der Waals surface area contributed by atoms with Gasteiger partial charge in [0.2, 0.25) is 29.5 Å². The van der Waals surface area contributed by atoms with Gasteiger partial charge in [0, 0.05) is 6.42 Å². The molecule has 33 heavy (non-hydrogen) atoms. The van der Waals surface area contributed by atoms with E-state index in [1.165, 1.54) is 0 Å². The van der Waals surface area contributed by atoms with Crippen LogP contribution in [0.25, 0.3) is 0 Å². The van der Waals surface area contributed by atoms with E-state index in [9.17, 15) is 24.0 Å². The van der Waals surface area contributed by atoms with Gasteiger partial charge < -0.3 is 27.0 Å². The smallest absolute Gasteiger partial charge is 0.243 e. The Bertz CT molecular complexity index is 682. The van der Waals surface area contributed by atoms with E-state index in [-0.39, 0.29) is 36.6 Å². The molecule has 6 N–H and O–H groups in total. The minimum absolute atomic E-state index is 0.126. The topological polar surface area (TPSA) is 159 Å². The van der Waals surface area contributed by atoms with Crippen molar-refractivity contribution in [3.8, 4) is 0 Å². The Kier molecular flexibility index (Phi) is 14.0. The van der Waals surface area contributed by atoms with Gasteiger partial charge in [-0.2, -0.15) is 0 Å². The van der Waals surface area contributed by atoms with E-state index in [0.29, 0.717) is 19.3 Å². The molecule has 0 aromatic carbocycles. The summed E-state index contributed by atoms with van der Waals surface area (Å²) < 4.78 is 0. The highest BCUT2D eigenvalue weighted by atomic mass is 16.2. The number of nitrogens with one attached hydrogen (secondary N) is 4. The summed E-state index contributed by atoms with van der Waals surface area (Å²) in [5.74, 6) is -2.59. The first-order chi connectivity index (χ1) is 15.4. The molecule has 5 unspecified atom stereocenters. The average Bonchev–Trinajstić information content (AvgIpc) is 2.76. The lowest BCUT2D eigenvalue weighted by atomic mass is 9.95. The number of carbonyl (C=O) groups is 5. The SMILES string of the molecule is CCC(=O)NC(C(=O)NC(C(=O)NCC(=O)NC(CC(C)C)C(N)=O)C(C)CC)C(C)CC. The third-order valence-corrected chi connectivity index (χ3v) is 5.74. The Hall–Kier alpha value is -2.65. The zero-order valence-electron chi connectivity index (χ0n) is 21.1. The molecule has 0 fully saturated rings. The summed E-state index contributed by atoms with van der Waals surface area (Å²) in [6.45, 7) is 12.6. The van der Waals surface area contributed by atoms with Crippen molar-refractivity contribution in [2.24, 2.45) is 23.5 Å². The van der Waals surface area contributed by atoms with Gasteiger partial charge in [-0.1, -0.05) is 61.3 Å². The normalized spacial score (nSPS) is 15.5. The summed E-state index contributed by atoms with van der Waals surface area (Å²) in [6, 6.07) is -2.47. The number of hydrogen-bond acceptors (Lipinski definition) is 5. The maximum absolute atomic E-state index is 13.0. The molecule has 0 saturated carbocycles. The summed E-state index contributed by atoms with van der Waals surface area (Å²) in [6.07, 6.45) is 1.91. The molecule has 190 valence electrons. The molecule has 5 atom stereocenters. The fourth-order valence-corrected chi connectivity index (χ4v) is 3.16. The van der Waals surface area contributed by atoms with Crippen molar-refractivity contribution >= 4 is 29.5 Å².